The van der Waals surface area contributed by atoms with Gasteiger partial charge in [-0.15, -0.1) is 0 Å². The van der Waals surface area contributed by atoms with Gasteiger partial charge in [0.1, 0.15) is 12.4 Å². The summed E-state index contributed by atoms with van der Waals surface area (Å²) in [6, 6.07) is -1.72. The predicted molar refractivity (Wildman–Crippen MR) is 67.9 cm³/mol. The third-order valence-electron chi connectivity index (χ3n) is 2.40. The predicted octanol–water partition coefficient (Wildman–Crippen LogP) is 0.0171. The van der Waals surface area contributed by atoms with Crippen molar-refractivity contribution >= 4 is 17.7 Å². The minimum absolute atomic E-state index is 0.105. The quantitative estimate of drug-likeness (QED) is 0.608. The Morgan fingerprint density at radius 2 is 2.00 bits per heavy atom. The number of amides is 2. The van der Waals surface area contributed by atoms with Crippen molar-refractivity contribution in [2.45, 2.75) is 12.5 Å². The molecule has 2 aromatic heterocycles. The van der Waals surface area contributed by atoms with Gasteiger partial charge >= 0.3 is 12.0 Å². The number of H-pyrrole nitrogens is 1. The van der Waals surface area contributed by atoms with Crippen LogP contribution in [0.2, 0.25) is 0 Å². The molecule has 0 aliphatic rings. The smallest absolute Gasteiger partial charge is 0.326 e. The number of carbonyl (C=O) groups is 2. The SMILES string of the molecule is O=C(Nc1cncnc1)N[C@H](Cc1cnc[nH]1)C(=O)O. The first-order valence-electron chi connectivity index (χ1n) is 5.67. The van der Waals surface area contributed by atoms with Gasteiger partial charge in [0.05, 0.1) is 24.4 Å². The fourth-order valence-electron chi connectivity index (χ4n) is 1.51. The first-order valence-corrected chi connectivity index (χ1v) is 5.67. The highest BCUT2D eigenvalue weighted by Gasteiger charge is 2.21. The third-order valence-corrected chi connectivity index (χ3v) is 2.40. The second-order valence-corrected chi connectivity index (χ2v) is 3.90. The number of nitrogens with zero attached hydrogens (tertiary/aromatic N) is 3. The topological polar surface area (TPSA) is 133 Å². The number of rotatable bonds is 5. The maximum absolute atomic E-state index is 11.7. The lowest BCUT2D eigenvalue weighted by molar-refractivity contribution is -0.139. The molecular formula is C11H12N6O3. The third kappa shape index (κ3) is 3.77. The lowest BCUT2D eigenvalue weighted by atomic mass is 10.2. The van der Waals surface area contributed by atoms with Crippen LogP contribution in [0.3, 0.4) is 0 Å². The summed E-state index contributed by atoms with van der Waals surface area (Å²) in [7, 11) is 0. The van der Waals surface area contributed by atoms with Crippen molar-refractivity contribution in [1.29, 1.82) is 0 Å². The van der Waals surface area contributed by atoms with Gasteiger partial charge in [0.25, 0.3) is 0 Å². The summed E-state index contributed by atoms with van der Waals surface area (Å²) < 4.78 is 0. The van der Waals surface area contributed by atoms with Gasteiger partial charge in [-0.3, -0.25) is 0 Å². The molecule has 0 bridgehead atoms. The zero-order valence-electron chi connectivity index (χ0n) is 10.3. The minimum Gasteiger partial charge on any atom is -0.480 e. The Labute approximate surface area is 113 Å². The van der Waals surface area contributed by atoms with E-state index in [1.54, 1.807) is 0 Å². The lowest BCUT2D eigenvalue weighted by Gasteiger charge is -2.14. The molecule has 0 spiro atoms. The maximum Gasteiger partial charge on any atom is 0.326 e. The fraction of sp³-hybridized carbons (Fsp3) is 0.182. The Morgan fingerprint density at radius 3 is 2.60 bits per heavy atom. The molecule has 0 aliphatic carbocycles. The van der Waals surface area contributed by atoms with E-state index in [0.717, 1.165) is 0 Å². The summed E-state index contributed by atoms with van der Waals surface area (Å²) in [5.41, 5.74) is 0.983. The molecular weight excluding hydrogens is 264 g/mol. The van der Waals surface area contributed by atoms with Gasteiger partial charge in [-0.1, -0.05) is 0 Å². The molecule has 0 radical (unpaired) electrons. The number of aliphatic carboxylic acids is 1. The van der Waals surface area contributed by atoms with Crippen LogP contribution in [-0.4, -0.2) is 43.1 Å². The van der Waals surface area contributed by atoms with Crippen molar-refractivity contribution in [3.8, 4) is 0 Å². The molecule has 0 unspecified atom stereocenters. The second kappa shape index (κ2) is 6.27. The largest absolute Gasteiger partial charge is 0.480 e. The zero-order valence-corrected chi connectivity index (χ0v) is 10.3. The highest BCUT2D eigenvalue weighted by atomic mass is 16.4. The summed E-state index contributed by atoms with van der Waals surface area (Å²) in [5, 5.41) is 13.9. The van der Waals surface area contributed by atoms with Crippen LogP contribution < -0.4 is 10.6 Å². The van der Waals surface area contributed by atoms with Gasteiger partial charge in [0, 0.05) is 18.3 Å². The second-order valence-electron chi connectivity index (χ2n) is 3.90. The van der Waals surface area contributed by atoms with Gasteiger partial charge in [-0.05, 0) is 0 Å². The van der Waals surface area contributed by atoms with Crippen molar-refractivity contribution in [2.75, 3.05) is 5.32 Å². The van der Waals surface area contributed by atoms with Gasteiger partial charge in [-0.2, -0.15) is 0 Å². The van der Waals surface area contributed by atoms with Crippen molar-refractivity contribution < 1.29 is 14.7 Å². The lowest BCUT2D eigenvalue weighted by Crippen LogP contribution is -2.44. The molecule has 4 N–H and O–H groups in total. The summed E-state index contributed by atoms with van der Waals surface area (Å²) >= 11 is 0. The van der Waals surface area contributed by atoms with Gasteiger partial charge < -0.3 is 20.7 Å². The summed E-state index contributed by atoms with van der Waals surface area (Å²) in [5.74, 6) is -1.14. The molecule has 0 aliphatic heterocycles. The maximum atomic E-state index is 11.7. The van der Waals surface area contributed by atoms with Crippen molar-refractivity contribution in [2.24, 2.45) is 0 Å². The number of hydrogen-bond acceptors (Lipinski definition) is 5. The number of carbonyl (C=O) groups excluding carboxylic acids is 1. The highest BCUT2D eigenvalue weighted by molar-refractivity contribution is 5.92. The van der Waals surface area contributed by atoms with Crippen molar-refractivity contribution in [3.63, 3.8) is 0 Å². The number of hydrogen-bond donors (Lipinski definition) is 4. The van der Waals surface area contributed by atoms with Crippen molar-refractivity contribution in [1.82, 2.24) is 25.3 Å². The van der Waals surface area contributed by atoms with E-state index in [-0.39, 0.29) is 6.42 Å². The van der Waals surface area contributed by atoms with Gasteiger partial charge in [0.15, 0.2) is 0 Å². The summed E-state index contributed by atoms with van der Waals surface area (Å²) in [4.78, 5) is 36.8. The number of aromatic nitrogens is 4. The molecule has 0 aromatic carbocycles. The van der Waals surface area contributed by atoms with E-state index in [1.165, 1.54) is 31.2 Å². The molecule has 2 heterocycles. The number of anilines is 1. The van der Waals surface area contributed by atoms with E-state index in [0.29, 0.717) is 11.4 Å². The van der Waals surface area contributed by atoms with Gasteiger partial charge in [-0.25, -0.2) is 24.5 Å². The van der Waals surface area contributed by atoms with Crippen LogP contribution in [-0.2, 0) is 11.2 Å². The molecule has 1 atom stereocenters. The molecule has 2 rings (SSSR count). The van der Waals surface area contributed by atoms with Crippen LogP contribution in [0.4, 0.5) is 10.5 Å². The van der Waals surface area contributed by atoms with Crippen LogP contribution in [0.25, 0.3) is 0 Å². The average molecular weight is 276 g/mol. The Hall–Kier alpha value is -2.97. The minimum atomic E-state index is -1.14. The zero-order chi connectivity index (χ0) is 14.4. The Bertz CT molecular complexity index is 571. The van der Waals surface area contributed by atoms with Crippen LogP contribution in [0.1, 0.15) is 5.69 Å². The van der Waals surface area contributed by atoms with E-state index in [2.05, 4.69) is 30.6 Å². The Morgan fingerprint density at radius 1 is 1.25 bits per heavy atom. The number of imidazole rings is 1. The number of urea groups is 1. The average Bonchev–Trinajstić information content (AvgIpc) is 2.92. The van der Waals surface area contributed by atoms with Crippen molar-refractivity contribution in [3.05, 3.63) is 36.9 Å². The number of nitrogens with one attached hydrogen (secondary N) is 3. The summed E-state index contributed by atoms with van der Waals surface area (Å²) in [6.45, 7) is 0. The molecule has 104 valence electrons. The fourth-order valence-corrected chi connectivity index (χ4v) is 1.51. The molecule has 9 heteroatoms. The molecule has 0 saturated carbocycles. The standard InChI is InChI=1S/C11H12N6O3/c18-10(19)9(1-7-2-14-6-15-7)17-11(20)16-8-3-12-5-13-4-8/h2-6,9H,1H2,(H,14,15)(H,18,19)(H2,16,17,20)/t9-/m1/s1. The molecule has 2 amide bonds. The number of carboxylic acid groups (broad SMARTS) is 1. The van der Waals surface area contributed by atoms with Gasteiger partial charge in [0.2, 0.25) is 0 Å². The molecule has 2 aromatic rings. The van der Waals surface area contributed by atoms with Crippen LogP contribution in [0, 0.1) is 0 Å². The molecule has 0 fully saturated rings. The van der Waals surface area contributed by atoms with E-state index in [4.69, 9.17) is 5.11 Å². The molecule has 0 saturated heterocycles. The van der Waals surface area contributed by atoms with Crippen LogP contribution >= 0.6 is 0 Å². The first kappa shape index (κ1) is 13.5. The molecule has 20 heavy (non-hydrogen) atoms. The van der Waals surface area contributed by atoms with E-state index in [9.17, 15) is 9.59 Å². The number of carboxylic acids is 1. The first-order chi connectivity index (χ1) is 9.65. The normalized spacial score (nSPS) is 11.6. The monoisotopic (exact) mass is 276 g/mol. The number of aromatic amines is 1. The summed E-state index contributed by atoms with van der Waals surface area (Å²) in [6.07, 6.45) is 7.17. The van der Waals surface area contributed by atoms with Crippen LogP contribution in [0.5, 0.6) is 0 Å². The van der Waals surface area contributed by atoms with E-state index in [1.807, 2.05) is 0 Å². The van der Waals surface area contributed by atoms with E-state index < -0.39 is 18.0 Å². The Balaban J connectivity index is 1.94. The Kier molecular flexibility index (Phi) is 4.22. The van der Waals surface area contributed by atoms with Crippen LogP contribution in [0.15, 0.2) is 31.2 Å². The highest BCUT2D eigenvalue weighted by Crippen LogP contribution is 2.02. The molecule has 9 nitrogen and oxygen atoms in total. The van der Waals surface area contributed by atoms with E-state index >= 15 is 0 Å².